The molecule has 0 N–H and O–H groups in total. The highest BCUT2D eigenvalue weighted by atomic mass is 35.5. The first kappa shape index (κ1) is 15.4. The molecule has 1 aromatic heterocycles. The third kappa shape index (κ3) is 3.33. The predicted octanol–water partition coefficient (Wildman–Crippen LogP) is 5.43. The summed E-state index contributed by atoms with van der Waals surface area (Å²) in [5.74, 6) is 0. The Morgan fingerprint density at radius 3 is 2.61 bits per heavy atom. The topological polar surface area (TPSA) is 30.0 Å². The maximum Gasteiger partial charge on any atom is 0.150 e. The van der Waals surface area contributed by atoms with Gasteiger partial charge in [0.25, 0.3) is 0 Å². The Morgan fingerprint density at radius 2 is 1.83 bits per heavy atom. The lowest BCUT2D eigenvalue weighted by Gasteiger charge is -2.06. The van der Waals surface area contributed by atoms with Crippen LogP contribution in [0.25, 0.3) is 23.1 Å². The minimum atomic E-state index is 0.679. The fraction of sp³-hybridized carbons (Fsp3) is 0.100. The summed E-state index contributed by atoms with van der Waals surface area (Å²) in [6.07, 6.45) is 5.69. The summed E-state index contributed by atoms with van der Waals surface area (Å²) in [7, 11) is 0. The fourth-order valence-corrected chi connectivity index (χ4v) is 2.84. The molecule has 0 saturated heterocycles. The largest absolute Gasteiger partial charge is 0.298 e. The van der Waals surface area contributed by atoms with E-state index in [0.717, 1.165) is 46.0 Å². The number of aromatic nitrogens is 1. The molecule has 0 bridgehead atoms. The molecule has 114 valence electrons. The number of fused-ring (bicyclic) bond motifs is 1. The van der Waals surface area contributed by atoms with Crippen molar-refractivity contribution < 1.29 is 4.79 Å². The standard InChI is InChI=1S/C20H16ClNO/c1-2-19-14(4-3-5-16(19)13-23)7-10-18-11-8-15-6-9-17(21)12-20(15)22-18/h3-13H,2H2,1H3. The van der Waals surface area contributed by atoms with Gasteiger partial charge in [-0.2, -0.15) is 0 Å². The number of benzene rings is 2. The minimum Gasteiger partial charge on any atom is -0.298 e. The van der Waals surface area contributed by atoms with Gasteiger partial charge in [0, 0.05) is 16.0 Å². The summed E-state index contributed by atoms with van der Waals surface area (Å²) in [5.41, 5.74) is 4.58. The van der Waals surface area contributed by atoms with Gasteiger partial charge in [-0.15, -0.1) is 0 Å². The molecule has 0 aliphatic carbocycles. The quantitative estimate of drug-likeness (QED) is 0.599. The molecule has 3 heteroatoms. The molecule has 0 unspecified atom stereocenters. The lowest BCUT2D eigenvalue weighted by atomic mass is 9.99. The number of aldehydes is 1. The lowest BCUT2D eigenvalue weighted by Crippen LogP contribution is -1.94. The van der Waals surface area contributed by atoms with Gasteiger partial charge < -0.3 is 0 Å². The monoisotopic (exact) mass is 321 g/mol. The van der Waals surface area contributed by atoms with Crippen LogP contribution in [0.15, 0.2) is 48.5 Å². The van der Waals surface area contributed by atoms with E-state index in [9.17, 15) is 4.79 Å². The Kier molecular flexibility index (Phi) is 4.54. The molecular formula is C20H16ClNO. The molecule has 3 aromatic rings. The summed E-state index contributed by atoms with van der Waals surface area (Å²) in [4.78, 5) is 15.8. The van der Waals surface area contributed by atoms with Gasteiger partial charge in [0.2, 0.25) is 0 Å². The Morgan fingerprint density at radius 1 is 1.04 bits per heavy atom. The Balaban J connectivity index is 1.98. The van der Waals surface area contributed by atoms with E-state index in [1.54, 1.807) is 0 Å². The number of halogens is 1. The normalized spacial score (nSPS) is 11.2. The Bertz CT molecular complexity index is 899. The van der Waals surface area contributed by atoms with Gasteiger partial charge in [-0.25, -0.2) is 4.98 Å². The van der Waals surface area contributed by atoms with Crippen molar-refractivity contribution in [3.05, 3.63) is 75.9 Å². The van der Waals surface area contributed by atoms with Crippen LogP contribution in [0.4, 0.5) is 0 Å². The van der Waals surface area contributed by atoms with E-state index in [2.05, 4.69) is 11.9 Å². The maximum atomic E-state index is 11.1. The zero-order valence-electron chi connectivity index (χ0n) is 12.8. The molecule has 23 heavy (non-hydrogen) atoms. The van der Waals surface area contributed by atoms with Gasteiger partial charge in [0.15, 0.2) is 0 Å². The van der Waals surface area contributed by atoms with E-state index in [4.69, 9.17) is 11.6 Å². The fourth-order valence-electron chi connectivity index (χ4n) is 2.67. The van der Waals surface area contributed by atoms with Crippen molar-refractivity contribution in [1.29, 1.82) is 0 Å². The second-order valence-corrected chi connectivity index (χ2v) is 5.73. The van der Waals surface area contributed by atoms with E-state index in [1.165, 1.54) is 0 Å². The molecule has 0 aliphatic heterocycles. The summed E-state index contributed by atoms with van der Waals surface area (Å²) >= 11 is 6.03. The molecule has 3 rings (SSSR count). The number of carbonyl (C=O) groups excluding carboxylic acids is 1. The van der Waals surface area contributed by atoms with Crippen LogP contribution < -0.4 is 0 Å². The van der Waals surface area contributed by atoms with Crippen LogP contribution in [-0.4, -0.2) is 11.3 Å². The van der Waals surface area contributed by atoms with Gasteiger partial charge in [-0.1, -0.05) is 54.9 Å². The SMILES string of the molecule is CCc1c(C=O)cccc1C=Cc1ccc2ccc(Cl)cc2n1. The Hall–Kier alpha value is -2.45. The third-order valence-electron chi connectivity index (χ3n) is 3.84. The molecule has 1 heterocycles. The molecule has 0 atom stereocenters. The van der Waals surface area contributed by atoms with Crippen molar-refractivity contribution in [1.82, 2.24) is 4.98 Å². The van der Waals surface area contributed by atoms with Crippen LogP contribution in [0.1, 0.15) is 34.1 Å². The van der Waals surface area contributed by atoms with E-state index < -0.39 is 0 Å². The van der Waals surface area contributed by atoms with Gasteiger partial charge >= 0.3 is 0 Å². The maximum absolute atomic E-state index is 11.1. The number of hydrogen-bond donors (Lipinski definition) is 0. The number of hydrogen-bond acceptors (Lipinski definition) is 2. The average Bonchev–Trinajstić information content (AvgIpc) is 2.58. The highest BCUT2D eigenvalue weighted by Crippen LogP contribution is 2.20. The van der Waals surface area contributed by atoms with Gasteiger partial charge in [-0.3, -0.25) is 4.79 Å². The molecule has 0 saturated carbocycles. The van der Waals surface area contributed by atoms with Crippen molar-refractivity contribution in [2.75, 3.05) is 0 Å². The first-order chi connectivity index (χ1) is 11.2. The van der Waals surface area contributed by atoms with Crippen molar-refractivity contribution >= 4 is 40.9 Å². The van der Waals surface area contributed by atoms with E-state index >= 15 is 0 Å². The van der Waals surface area contributed by atoms with Crippen LogP contribution >= 0.6 is 11.6 Å². The molecule has 0 amide bonds. The highest BCUT2D eigenvalue weighted by Gasteiger charge is 2.03. The van der Waals surface area contributed by atoms with Gasteiger partial charge in [0.1, 0.15) is 6.29 Å². The second-order valence-electron chi connectivity index (χ2n) is 5.29. The van der Waals surface area contributed by atoms with Crippen molar-refractivity contribution in [2.24, 2.45) is 0 Å². The smallest absolute Gasteiger partial charge is 0.150 e. The number of carbonyl (C=O) groups is 1. The summed E-state index contributed by atoms with van der Waals surface area (Å²) in [6.45, 7) is 2.05. The zero-order chi connectivity index (χ0) is 16.2. The van der Waals surface area contributed by atoms with Crippen LogP contribution in [-0.2, 0) is 6.42 Å². The highest BCUT2D eigenvalue weighted by molar-refractivity contribution is 6.31. The zero-order valence-corrected chi connectivity index (χ0v) is 13.5. The van der Waals surface area contributed by atoms with Gasteiger partial charge in [-0.05, 0) is 41.8 Å². The van der Waals surface area contributed by atoms with E-state index in [-0.39, 0.29) is 0 Å². The predicted molar refractivity (Wildman–Crippen MR) is 96.9 cm³/mol. The average molecular weight is 322 g/mol. The van der Waals surface area contributed by atoms with Crippen molar-refractivity contribution in [2.45, 2.75) is 13.3 Å². The summed E-state index contributed by atoms with van der Waals surface area (Å²) < 4.78 is 0. The van der Waals surface area contributed by atoms with Crippen LogP contribution in [0.3, 0.4) is 0 Å². The molecule has 2 aromatic carbocycles. The lowest BCUT2D eigenvalue weighted by molar-refractivity contribution is 0.112. The van der Waals surface area contributed by atoms with E-state index in [0.29, 0.717) is 5.02 Å². The summed E-state index contributed by atoms with van der Waals surface area (Å²) in [5, 5.41) is 1.74. The van der Waals surface area contributed by atoms with E-state index in [1.807, 2.05) is 60.7 Å². The molecule has 0 fully saturated rings. The molecule has 0 aliphatic rings. The van der Waals surface area contributed by atoms with Gasteiger partial charge in [0.05, 0.1) is 11.2 Å². The molecule has 2 nitrogen and oxygen atoms in total. The number of rotatable bonds is 4. The van der Waals surface area contributed by atoms with Crippen LogP contribution in [0.5, 0.6) is 0 Å². The molecule has 0 spiro atoms. The third-order valence-corrected chi connectivity index (χ3v) is 4.07. The van der Waals surface area contributed by atoms with Crippen LogP contribution in [0.2, 0.25) is 5.02 Å². The van der Waals surface area contributed by atoms with Crippen molar-refractivity contribution in [3.8, 4) is 0 Å². The first-order valence-corrected chi connectivity index (χ1v) is 7.90. The number of nitrogens with zero attached hydrogens (tertiary/aromatic N) is 1. The molecular weight excluding hydrogens is 306 g/mol. The van der Waals surface area contributed by atoms with Crippen molar-refractivity contribution in [3.63, 3.8) is 0 Å². The number of pyridine rings is 1. The minimum absolute atomic E-state index is 0.679. The summed E-state index contributed by atoms with van der Waals surface area (Å²) in [6, 6.07) is 15.4. The van der Waals surface area contributed by atoms with Crippen LogP contribution in [0, 0.1) is 0 Å². The second kappa shape index (κ2) is 6.76. The molecule has 0 radical (unpaired) electrons. The first-order valence-electron chi connectivity index (χ1n) is 7.52. The Labute approximate surface area is 140 Å².